The minimum Gasteiger partial charge on any atom is -0.466 e. The van der Waals surface area contributed by atoms with Crippen molar-refractivity contribution in [2.75, 3.05) is 19.7 Å². The van der Waals surface area contributed by atoms with Gasteiger partial charge < -0.3 is 14.0 Å². The molecule has 2 aliphatic rings. The summed E-state index contributed by atoms with van der Waals surface area (Å²) in [4.78, 5) is 15.0. The third-order valence-corrected chi connectivity index (χ3v) is 6.20. The number of ether oxygens (including phenoxy) is 1. The Kier molecular flexibility index (Phi) is 5.99. The molecule has 2 heterocycles. The van der Waals surface area contributed by atoms with Crippen molar-refractivity contribution in [2.24, 2.45) is 5.92 Å². The van der Waals surface area contributed by atoms with Crippen LogP contribution in [0.5, 0.6) is 0 Å². The lowest BCUT2D eigenvalue weighted by atomic mass is 9.62. The summed E-state index contributed by atoms with van der Waals surface area (Å²) >= 11 is 0. The molecule has 5 nitrogen and oxygen atoms in total. The van der Waals surface area contributed by atoms with Crippen LogP contribution in [0.4, 0.5) is 0 Å². The number of nitrogens with zero attached hydrogens (tertiary/aromatic N) is 1. The lowest BCUT2D eigenvalue weighted by molar-refractivity contribution is -0.150. The smallest absolute Gasteiger partial charge is 0.463 e. The third-order valence-electron chi connectivity index (χ3n) is 6.20. The summed E-state index contributed by atoms with van der Waals surface area (Å²) in [5.41, 5.74) is 0.469. The van der Waals surface area contributed by atoms with Crippen molar-refractivity contribution >= 4 is 13.1 Å². The third kappa shape index (κ3) is 4.39. The fourth-order valence-corrected chi connectivity index (χ4v) is 3.92. The Bertz CT molecular complexity index is 633. The molecule has 3 rings (SSSR count). The van der Waals surface area contributed by atoms with E-state index in [1.54, 1.807) is 0 Å². The van der Waals surface area contributed by atoms with Gasteiger partial charge >= 0.3 is 13.1 Å². The van der Waals surface area contributed by atoms with E-state index in [1.165, 1.54) is 5.56 Å². The Labute approximate surface area is 163 Å². The van der Waals surface area contributed by atoms with E-state index in [9.17, 15) is 4.79 Å². The quantitative estimate of drug-likeness (QED) is 0.584. The van der Waals surface area contributed by atoms with Crippen LogP contribution in [0, 0.1) is 5.92 Å². The number of hydrogen-bond donors (Lipinski definition) is 0. The van der Waals surface area contributed by atoms with Gasteiger partial charge in [-0.15, -0.1) is 0 Å². The Balaban J connectivity index is 1.77. The topological polar surface area (TPSA) is 48.0 Å². The molecule has 0 aliphatic carbocycles. The molecular weight excluding hydrogens is 341 g/mol. The first-order chi connectivity index (χ1) is 12.7. The Morgan fingerprint density at radius 2 is 1.81 bits per heavy atom. The molecule has 6 heteroatoms. The van der Waals surface area contributed by atoms with Crippen molar-refractivity contribution < 1.29 is 18.8 Å². The molecule has 2 aliphatic heterocycles. The molecule has 0 saturated carbocycles. The highest BCUT2D eigenvalue weighted by Crippen LogP contribution is 2.44. The van der Waals surface area contributed by atoms with E-state index >= 15 is 0 Å². The average Bonchev–Trinajstić information content (AvgIpc) is 2.83. The molecule has 1 aromatic rings. The van der Waals surface area contributed by atoms with Gasteiger partial charge in [0.1, 0.15) is 0 Å². The first kappa shape index (κ1) is 20.4. The van der Waals surface area contributed by atoms with Crippen LogP contribution >= 0.6 is 0 Å². The Morgan fingerprint density at radius 3 is 2.41 bits per heavy atom. The fourth-order valence-electron chi connectivity index (χ4n) is 3.92. The van der Waals surface area contributed by atoms with Crippen molar-refractivity contribution in [1.82, 2.24) is 4.90 Å². The summed E-state index contributed by atoms with van der Waals surface area (Å²) in [5.74, 6) is -0.356. The molecular formula is C21H32BNO4. The molecule has 0 bridgehead atoms. The van der Waals surface area contributed by atoms with Crippen molar-refractivity contribution in [3.8, 4) is 0 Å². The SMILES string of the molecule is CCOC(=O)[C@@H]1CCN(Cc2ccccc2)C[C@H]1B1OC(C)(C)C(C)(C)O1. The largest absolute Gasteiger partial charge is 0.466 e. The van der Waals surface area contributed by atoms with Crippen molar-refractivity contribution in [1.29, 1.82) is 0 Å². The van der Waals surface area contributed by atoms with Gasteiger partial charge in [0.05, 0.1) is 23.7 Å². The Morgan fingerprint density at radius 1 is 1.19 bits per heavy atom. The lowest BCUT2D eigenvalue weighted by Crippen LogP contribution is -2.47. The first-order valence-corrected chi connectivity index (χ1v) is 10.0. The Hall–Kier alpha value is -1.37. The highest BCUT2D eigenvalue weighted by atomic mass is 16.7. The molecule has 148 valence electrons. The molecule has 0 amide bonds. The number of carbonyl (C=O) groups excluding carboxylic acids is 1. The second-order valence-corrected chi connectivity index (χ2v) is 8.66. The fraction of sp³-hybridized carbons (Fsp3) is 0.667. The van der Waals surface area contributed by atoms with E-state index in [0.717, 1.165) is 26.1 Å². The van der Waals surface area contributed by atoms with E-state index in [4.69, 9.17) is 14.0 Å². The van der Waals surface area contributed by atoms with Crippen molar-refractivity contribution in [2.45, 2.75) is 64.6 Å². The summed E-state index contributed by atoms with van der Waals surface area (Å²) in [6, 6.07) is 10.4. The maximum atomic E-state index is 12.6. The number of carbonyl (C=O) groups is 1. The second-order valence-electron chi connectivity index (χ2n) is 8.66. The van der Waals surface area contributed by atoms with Gasteiger partial charge in [-0.2, -0.15) is 0 Å². The molecule has 2 saturated heterocycles. The number of likely N-dealkylation sites (tertiary alicyclic amines) is 1. The molecule has 0 radical (unpaired) electrons. The maximum absolute atomic E-state index is 12.6. The van der Waals surface area contributed by atoms with Crippen LogP contribution in [0.3, 0.4) is 0 Å². The zero-order chi connectivity index (χ0) is 19.7. The van der Waals surface area contributed by atoms with Crippen LogP contribution in [0.15, 0.2) is 30.3 Å². The number of piperidine rings is 1. The van der Waals surface area contributed by atoms with Crippen LogP contribution in [-0.2, 0) is 25.4 Å². The van der Waals surface area contributed by atoms with Crippen LogP contribution in [0.25, 0.3) is 0 Å². The van der Waals surface area contributed by atoms with E-state index in [2.05, 4.69) is 56.9 Å². The van der Waals surface area contributed by atoms with Gasteiger partial charge in [0.2, 0.25) is 0 Å². The van der Waals surface area contributed by atoms with E-state index in [1.807, 2.05) is 13.0 Å². The van der Waals surface area contributed by atoms with Gasteiger partial charge in [0.25, 0.3) is 0 Å². The van der Waals surface area contributed by atoms with Crippen molar-refractivity contribution in [3.05, 3.63) is 35.9 Å². The number of esters is 1. The van der Waals surface area contributed by atoms with Gasteiger partial charge in [0.15, 0.2) is 0 Å². The molecule has 27 heavy (non-hydrogen) atoms. The summed E-state index contributed by atoms with van der Waals surface area (Å²) in [7, 11) is -0.400. The predicted octanol–water partition coefficient (Wildman–Crippen LogP) is 3.53. The molecule has 0 aromatic heterocycles. The van der Waals surface area contributed by atoms with Gasteiger partial charge in [0, 0.05) is 18.9 Å². The molecule has 2 atom stereocenters. The zero-order valence-electron chi connectivity index (χ0n) is 17.2. The summed E-state index contributed by atoms with van der Waals surface area (Å²) in [6.45, 7) is 13.0. The van der Waals surface area contributed by atoms with Crippen LogP contribution in [-0.4, -0.2) is 48.9 Å². The summed E-state index contributed by atoms with van der Waals surface area (Å²) in [5, 5.41) is 0. The van der Waals surface area contributed by atoms with Gasteiger partial charge in [-0.3, -0.25) is 9.69 Å². The molecule has 1 aromatic carbocycles. The average molecular weight is 373 g/mol. The molecule has 2 fully saturated rings. The normalized spacial score (nSPS) is 27.5. The number of benzene rings is 1. The zero-order valence-corrected chi connectivity index (χ0v) is 17.2. The minimum atomic E-state index is -0.404. The van der Waals surface area contributed by atoms with Crippen LogP contribution < -0.4 is 0 Å². The highest BCUT2D eigenvalue weighted by molar-refractivity contribution is 6.48. The second kappa shape index (κ2) is 7.94. The standard InChI is InChI=1S/C21H32BNO4/c1-6-25-19(24)17-12-13-23(14-16-10-8-7-9-11-16)15-18(17)22-26-20(2,3)21(4,5)27-22/h7-11,17-18H,6,12-15H2,1-5H3/t17-,18-/m1/s1. The van der Waals surface area contributed by atoms with E-state index in [-0.39, 0.29) is 17.7 Å². The van der Waals surface area contributed by atoms with Crippen LogP contribution in [0.1, 0.15) is 46.6 Å². The maximum Gasteiger partial charge on any atom is 0.463 e. The van der Waals surface area contributed by atoms with Crippen molar-refractivity contribution in [3.63, 3.8) is 0 Å². The molecule has 0 spiro atoms. The monoisotopic (exact) mass is 373 g/mol. The number of hydrogen-bond acceptors (Lipinski definition) is 5. The lowest BCUT2D eigenvalue weighted by Gasteiger charge is -2.38. The summed E-state index contributed by atoms with van der Waals surface area (Å²) in [6.07, 6.45) is 0.764. The molecule has 0 unspecified atom stereocenters. The molecule has 0 N–H and O–H groups in total. The highest BCUT2D eigenvalue weighted by Gasteiger charge is 2.56. The van der Waals surface area contributed by atoms with Gasteiger partial charge in [-0.25, -0.2) is 0 Å². The number of rotatable bonds is 5. The minimum absolute atomic E-state index is 0.0393. The van der Waals surface area contributed by atoms with Gasteiger partial charge in [-0.1, -0.05) is 30.3 Å². The predicted molar refractivity (Wildman–Crippen MR) is 106 cm³/mol. The van der Waals surface area contributed by atoms with E-state index in [0.29, 0.717) is 6.61 Å². The van der Waals surface area contributed by atoms with Crippen LogP contribution in [0.2, 0.25) is 5.82 Å². The summed E-state index contributed by atoms with van der Waals surface area (Å²) < 4.78 is 18.0. The van der Waals surface area contributed by atoms with E-state index < -0.39 is 18.3 Å². The van der Waals surface area contributed by atoms with Gasteiger partial charge in [-0.05, 0) is 53.1 Å². The first-order valence-electron chi connectivity index (χ1n) is 10.0.